The van der Waals surface area contributed by atoms with E-state index >= 15 is 0 Å². The van der Waals surface area contributed by atoms with E-state index in [1.54, 1.807) is 0 Å². The highest BCUT2D eigenvalue weighted by molar-refractivity contribution is 5.89. The van der Waals surface area contributed by atoms with Crippen molar-refractivity contribution in [3.05, 3.63) is 262 Å². The van der Waals surface area contributed by atoms with Gasteiger partial charge in [0, 0.05) is 6.07 Å². The van der Waals surface area contributed by atoms with E-state index in [0.29, 0.717) is 24.7 Å². The first-order valence-corrected chi connectivity index (χ1v) is 24.7. The molecule has 0 fully saturated rings. The van der Waals surface area contributed by atoms with Gasteiger partial charge in [-0.1, -0.05) is 231 Å². The molecule has 0 saturated carbocycles. The van der Waals surface area contributed by atoms with E-state index in [-0.39, 0.29) is 21.7 Å². The Morgan fingerprint density at radius 1 is 0.300 bits per heavy atom. The Kier molecular flexibility index (Phi) is 14.7. The monoisotopic (exact) mass is 923 g/mol. The molecule has 2 nitrogen and oxygen atoms in total. The molecule has 0 aromatic heterocycles. The van der Waals surface area contributed by atoms with Crippen LogP contribution in [0, 0.1) is 0 Å². The third kappa shape index (κ3) is 12.5. The molecule has 0 bridgehead atoms. The summed E-state index contributed by atoms with van der Waals surface area (Å²) in [5.74, 6) is 1.43. The van der Waals surface area contributed by atoms with Crippen molar-refractivity contribution in [3.8, 4) is 11.5 Å². The van der Waals surface area contributed by atoms with Crippen molar-refractivity contribution in [3.63, 3.8) is 0 Å². The topological polar surface area (TPSA) is 18.5 Å². The van der Waals surface area contributed by atoms with Crippen LogP contribution >= 0.6 is 0 Å². The zero-order chi connectivity index (χ0) is 50.8. The first-order chi connectivity index (χ1) is 32.8. The number of hydrogen-bond donors (Lipinski definition) is 0. The summed E-state index contributed by atoms with van der Waals surface area (Å²) in [6, 6.07) is 55.8. The summed E-state index contributed by atoms with van der Waals surface area (Å²) >= 11 is 0. The van der Waals surface area contributed by atoms with Gasteiger partial charge in [0.1, 0.15) is 24.7 Å². The summed E-state index contributed by atoms with van der Waals surface area (Å²) in [6.07, 6.45) is 0. The molecule has 0 spiro atoms. The van der Waals surface area contributed by atoms with Crippen LogP contribution in [-0.2, 0) is 34.9 Å². The average molecular weight is 923 g/mol. The van der Waals surface area contributed by atoms with Gasteiger partial charge < -0.3 is 9.47 Å². The average Bonchev–Trinajstić information content (AvgIpc) is 3.33. The fourth-order valence-corrected chi connectivity index (χ4v) is 8.42. The summed E-state index contributed by atoms with van der Waals surface area (Å²) in [6.45, 7) is 47.3. The van der Waals surface area contributed by atoms with Gasteiger partial charge in [-0.2, -0.15) is 0 Å². The van der Waals surface area contributed by atoms with Crippen LogP contribution in [0.1, 0.15) is 161 Å². The van der Waals surface area contributed by atoms with Gasteiger partial charge in [0.05, 0.1) is 0 Å². The largest absolute Gasteiger partial charge is 0.489 e. The van der Waals surface area contributed by atoms with Crippen LogP contribution in [-0.4, -0.2) is 0 Å². The molecule has 70 heavy (non-hydrogen) atoms. The molecule has 2 heteroatoms. The lowest BCUT2D eigenvalue weighted by molar-refractivity contribution is 0.290. The van der Waals surface area contributed by atoms with Crippen LogP contribution in [0.25, 0.3) is 22.3 Å². The Labute approximate surface area is 421 Å². The Balaban J connectivity index is 1.27. The number of benzene rings is 7. The highest BCUT2D eigenvalue weighted by Gasteiger charge is 2.24. The second-order valence-electron chi connectivity index (χ2n) is 23.1. The fraction of sp³-hybridized carbons (Fsp3) is 0.265. The van der Waals surface area contributed by atoms with Crippen molar-refractivity contribution in [1.29, 1.82) is 0 Å². The van der Waals surface area contributed by atoms with Gasteiger partial charge in [0.2, 0.25) is 0 Å². The fourth-order valence-electron chi connectivity index (χ4n) is 8.42. The first kappa shape index (κ1) is 51.0. The highest BCUT2D eigenvalue weighted by Crippen LogP contribution is 2.39. The lowest BCUT2D eigenvalue weighted by atomic mass is 9.77. The Bertz CT molecular complexity index is 2810. The molecular weight excluding hydrogens is 849 g/mol. The Morgan fingerprint density at radius 2 is 0.557 bits per heavy atom. The normalized spacial score (nSPS) is 12.1. The van der Waals surface area contributed by atoms with E-state index in [0.717, 1.165) is 77.9 Å². The molecule has 0 N–H and O–H groups in total. The second-order valence-corrected chi connectivity index (χ2v) is 23.1. The van der Waals surface area contributed by atoms with Crippen molar-refractivity contribution >= 4 is 22.3 Å². The van der Waals surface area contributed by atoms with E-state index in [4.69, 9.17) is 29.2 Å². The van der Waals surface area contributed by atoms with Gasteiger partial charge in [0.25, 0.3) is 0 Å². The molecule has 0 saturated heterocycles. The van der Waals surface area contributed by atoms with Crippen LogP contribution < -0.4 is 9.47 Å². The summed E-state index contributed by atoms with van der Waals surface area (Å²) < 4.78 is 12.7. The lowest BCUT2D eigenvalue weighted by Gasteiger charge is -2.27. The molecule has 0 radical (unpaired) electrons. The van der Waals surface area contributed by atoms with Gasteiger partial charge >= 0.3 is 0 Å². The Hall–Kier alpha value is -6.90. The summed E-state index contributed by atoms with van der Waals surface area (Å²) in [7, 11) is 0. The molecule has 0 heterocycles. The lowest BCUT2D eigenvalue weighted by Crippen LogP contribution is -2.17. The molecule has 0 aliphatic rings. The van der Waals surface area contributed by atoms with Crippen molar-refractivity contribution in [2.24, 2.45) is 0 Å². The maximum atomic E-state index is 6.36. The van der Waals surface area contributed by atoms with Crippen LogP contribution in [0.2, 0.25) is 0 Å². The van der Waals surface area contributed by atoms with Crippen LogP contribution in [0.3, 0.4) is 0 Å². The number of rotatable bonds is 14. The zero-order valence-electron chi connectivity index (χ0n) is 44.1. The zero-order valence-corrected chi connectivity index (χ0v) is 44.1. The van der Waals surface area contributed by atoms with Crippen molar-refractivity contribution < 1.29 is 9.47 Å². The standard InChI is InChI=1S/C68H74O2/c1-45(51-27-29-52(30-28-51)46(2)58-38-63(69-43-49-23-19-17-20-24-49)42-64(39-58)70-44-50-25-21-18-22-26-50)53-31-54(47(3)56-34-59(65(5,6)7)40-60(35-56)66(8,9)10)33-55(32-53)48(4)57-36-61(67(11,12)13)41-62(37-57)68(14,15)16/h17-42H,1-4,43-44H2,5-16H3. The molecule has 0 aliphatic heterocycles. The predicted molar refractivity (Wildman–Crippen MR) is 301 cm³/mol. The van der Waals surface area contributed by atoms with Crippen LogP contribution in [0.4, 0.5) is 0 Å². The van der Waals surface area contributed by atoms with Gasteiger partial charge in [-0.05, 0) is 152 Å². The summed E-state index contributed by atoms with van der Waals surface area (Å²) in [4.78, 5) is 0. The third-order valence-electron chi connectivity index (χ3n) is 13.3. The van der Waals surface area contributed by atoms with E-state index in [1.165, 1.54) is 22.3 Å². The molecule has 7 rings (SSSR count). The number of ether oxygens (including phenoxy) is 2. The third-order valence-corrected chi connectivity index (χ3v) is 13.3. The molecule has 0 unspecified atom stereocenters. The van der Waals surface area contributed by atoms with Gasteiger partial charge in [-0.25, -0.2) is 0 Å². The molecule has 358 valence electrons. The van der Waals surface area contributed by atoms with E-state index in [2.05, 4.69) is 193 Å². The summed E-state index contributed by atoms with van der Waals surface area (Å²) in [5.41, 5.74) is 19.1. The van der Waals surface area contributed by atoms with Crippen LogP contribution in [0.5, 0.6) is 11.5 Å². The smallest absolute Gasteiger partial charge is 0.124 e. The van der Waals surface area contributed by atoms with E-state index in [9.17, 15) is 0 Å². The molecule has 7 aromatic carbocycles. The van der Waals surface area contributed by atoms with Crippen LogP contribution in [0.15, 0.2) is 184 Å². The van der Waals surface area contributed by atoms with Crippen molar-refractivity contribution in [1.82, 2.24) is 0 Å². The van der Waals surface area contributed by atoms with Crippen molar-refractivity contribution in [2.75, 3.05) is 0 Å². The summed E-state index contributed by atoms with van der Waals surface area (Å²) in [5, 5.41) is 0. The highest BCUT2D eigenvalue weighted by atomic mass is 16.5. The maximum Gasteiger partial charge on any atom is 0.124 e. The Morgan fingerprint density at radius 3 is 0.843 bits per heavy atom. The minimum atomic E-state index is -0.0381. The number of hydrogen-bond acceptors (Lipinski definition) is 2. The van der Waals surface area contributed by atoms with Crippen molar-refractivity contribution in [2.45, 2.75) is 118 Å². The second kappa shape index (κ2) is 20.2. The van der Waals surface area contributed by atoms with E-state index in [1.807, 2.05) is 54.6 Å². The van der Waals surface area contributed by atoms with E-state index < -0.39 is 0 Å². The van der Waals surface area contributed by atoms with Gasteiger partial charge in [-0.3, -0.25) is 0 Å². The molecular formula is C68H74O2. The first-order valence-electron chi connectivity index (χ1n) is 24.7. The molecule has 0 atom stereocenters. The minimum Gasteiger partial charge on any atom is -0.489 e. The SMILES string of the molecule is C=C(c1ccc(C(=C)c2cc(C(=C)c3cc(C(C)(C)C)cc(C(C)(C)C)c3)cc(C(=C)c3cc(C(C)(C)C)cc(C(C)(C)C)c3)c2)cc1)c1cc(OCc2ccccc2)cc(OCc2ccccc2)c1. The quantitative estimate of drug-likeness (QED) is 0.108. The molecule has 7 aromatic rings. The molecule has 0 aliphatic carbocycles. The maximum absolute atomic E-state index is 6.36. The van der Waals surface area contributed by atoms with Gasteiger partial charge in [0.15, 0.2) is 0 Å². The molecule has 0 amide bonds. The predicted octanol–water partition coefficient (Wildman–Crippen LogP) is 18.3. The van der Waals surface area contributed by atoms with Gasteiger partial charge in [-0.15, -0.1) is 0 Å². The minimum absolute atomic E-state index is 0.0381.